The summed E-state index contributed by atoms with van der Waals surface area (Å²) in [5.74, 6) is -0.506. The van der Waals surface area contributed by atoms with Crippen LogP contribution in [0.15, 0.2) is 47.4 Å². The second-order valence-electron chi connectivity index (χ2n) is 6.13. The highest BCUT2D eigenvalue weighted by molar-refractivity contribution is 7.89. The van der Waals surface area contributed by atoms with Crippen molar-refractivity contribution in [1.29, 1.82) is 0 Å². The average Bonchev–Trinajstić information content (AvgIpc) is 2.73. The third-order valence-corrected chi connectivity index (χ3v) is 5.58. The fraction of sp³-hybridized carbons (Fsp3) is 0.300. The SMILES string of the molecule is CCNS(=O)(=O)c1cccc(C(=O)OC(C)C(=O)Nc2cc(OC)ccc2OC)c1. The lowest BCUT2D eigenvalue weighted by atomic mass is 10.2. The predicted molar refractivity (Wildman–Crippen MR) is 110 cm³/mol. The highest BCUT2D eigenvalue weighted by Crippen LogP contribution is 2.29. The molecule has 1 amide bonds. The van der Waals surface area contributed by atoms with Crippen molar-refractivity contribution >= 4 is 27.6 Å². The monoisotopic (exact) mass is 436 g/mol. The zero-order chi connectivity index (χ0) is 22.3. The van der Waals surface area contributed by atoms with E-state index in [4.69, 9.17) is 14.2 Å². The Labute approximate surface area is 175 Å². The van der Waals surface area contributed by atoms with Crippen molar-refractivity contribution in [3.05, 3.63) is 48.0 Å². The van der Waals surface area contributed by atoms with E-state index in [1.165, 1.54) is 45.4 Å². The van der Waals surface area contributed by atoms with Gasteiger partial charge in [-0.2, -0.15) is 0 Å². The van der Waals surface area contributed by atoms with Crippen LogP contribution in [0, 0.1) is 0 Å². The van der Waals surface area contributed by atoms with Gasteiger partial charge in [0.2, 0.25) is 10.0 Å². The summed E-state index contributed by atoms with van der Waals surface area (Å²) >= 11 is 0. The Morgan fingerprint density at radius 2 is 1.80 bits per heavy atom. The molecular weight excluding hydrogens is 412 g/mol. The molecule has 10 heteroatoms. The number of hydrogen-bond acceptors (Lipinski definition) is 7. The van der Waals surface area contributed by atoms with Crippen LogP contribution in [-0.4, -0.2) is 47.2 Å². The van der Waals surface area contributed by atoms with Crippen molar-refractivity contribution in [3.8, 4) is 11.5 Å². The van der Waals surface area contributed by atoms with Crippen LogP contribution in [0.2, 0.25) is 0 Å². The number of methoxy groups -OCH3 is 2. The molecule has 0 aromatic heterocycles. The maximum absolute atomic E-state index is 12.5. The molecule has 0 fully saturated rings. The minimum atomic E-state index is -3.73. The number of hydrogen-bond donors (Lipinski definition) is 2. The van der Waals surface area contributed by atoms with Crippen molar-refractivity contribution in [3.63, 3.8) is 0 Å². The Hall–Kier alpha value is -3.11. The summed E-state index contributed by atoms with van der Waals surface area (Å²) < 4.78 is 42.1. The molecule has 0 aliphatic carbocycles. The molecule has 2 rings (SSSR count). The molecule has 0 aliphatic heterocycles. The molecule has 2 aromatic rings. The van der Waals surface area contributed by atoms with E-state index in [2.05, 4.69) is 10.0 Å². The quantitative estimate of drug-likeness (QED) is 0.578. The molecule has 0 heterocycles. The van der Waals surface area contributed by atoms with Gasteiger partial charge in [-0.1, -0.05) is 13.0 Å². The molecule has 9 nitrogen and oxygen atoms in total. The van der Waals surface area contributed by atoms with Crippen LogP contribution in [-0.2, 0) is 19.6 Å². The number of rotatable bonds is 9. The van der Waals surface area contributed by atoms with Gasteiger partial charge in [-0.25, -0.2) is 17.9 Å². The van der Waals surface area contributed by atoms with E-state index in [1.54, 1.807) is 25.1 Å². The number of carbonyl (C=O) groups is 2. The van der Waals surface area contributed by atoms with Gasteiger partial charge in [0.25, 0.3) is 5.91 Å². The summed E-state index contributed by atoms with van der Waals surface area (Å²) in [6, 6.07) is 10.2. The smallest absolute Gasteiger partial charge is 0.338 e. The van der Waals surface area contributed by atoms with Gasteiger partial charge in [0, 0.05) is 12.6 Å². The highest BCUT2D eigenvalue weighted by Gasteiger charge is 2.22. The first kappa shape index (κ1) is 23.2. The van der Waals surface area contributed by atoms with E-state index in [0.717, 1.165) is 0 Å². The molecule has 2 aromatic carbocycles. The maximum Gasteiger partial charge on any atom is 0.338 e. The summed E-state index contributed by atoms with van der Waals surface area (Å²) in [5, 5.41) is 2.62. The number of nitrogens with one attached hydrogen (secondary N) is 2. The van der Waals surface area contributed by atoms with Gasteiger partial charge in [-0.05, 0) is 37.3 Å². The molecule has 0 radical (unpaired) electrons. The topological polar surface area (TPSA) is 120 Å². The van der Waals surface area contributed by atoms with E-state index >= 15 is 0 Å². The molecule has 0 saturated carbocycles. The first-order chi connectivity index (χ1) is 14.2. The van der Waals surface area contributed by atoms with Gasteiger partial charge < -0.3 is 19.5 Å². The third kappa shape index (κ3) is 5.71. The molecule has 0 bridgehead atoms. The Bertz CT molecular complexity index is 1020. The average molecular weight is 436 g/mol. The minimum Gasteiger partial charge on any atom is -0.497 e. The lowest BCUT2D eigenvalue weighted by Crippen LogP contribution is -2.30. The van der Waals surface area contributed by atoms with E-state index in [1.807, 2.05) is 0 Å². The van der Waals surface area contributed by atoms with E-state index < -0.39 is 28.0 Å². The standard InChI is InChI=1S/C20H24N2O7S/c1-5-21-30(25,26)16-8-6-7-14(11-16)20(24)29-13(2)19(23)22-17-12-15(27-3)9-10-18(17)28-4/h6-13,21H,5H2,1-4H3,(H,22,23). The lowest BCUT2D eigenvalue weighted by Gasteiger charge is -2.16. The Kier molecular flexibility index (Phi) is 7.79. The number of amides is 1. The molecular formula is C20H24N2O7S. The van der Waals surface area contributed by atoms with Crippen molar-refractivity contribution in [2.24, 2.45) is 0 Å². The summed E-state index contributed by atoms with van der Waals surface area (Å²) in [6.07, 6.45) is -1.15. The van der Waals surface area contributed by atoms with Gasteiger partial charge in [-0.15, -0.1) is 0 Å². The number of anilines is 1. The van der Waals surface area contributed by atoms with Crippen molar-refractivity contribution < 1.29 is 32.2 Å². The number of benzene rings is 2. The second kappa shape index (κ2) is 10.1. The third-order valence-electron chi connectivity index (χ3n) is 4.03. The zero-order valence-corrected chi connectivity index (χ0v) is 17.9. The van der Waals surface area contributed by atoms with Crippen LogP contribution < -0.4 is 19.5 Å². The summed E-state index contributed by atoms with van der Waals surface area (Å²) in [6.45, 7) is 3.26. The summed E-state index contributed by atoms with van der Waals surface area (Å²) in [4.78, 5) is 24.8. The van der Waals surface area contributed by atoms with Crippen LogP contribution in [0.5, 0.6) is 11.5 Å². The number of carbonyl (C=O) groups excluding carboxylic acids is 2. The lowest BCUT2D eigenvalue weighted by molar-refractivity contribution is -0.123. The summed E-state index contributed by atoms with van der Waals surface area (Å²) in [5.41, 5.74) is 0.357. The number of sulfonamides is 1. The molecule has 1 unspecified atom stereocenters. The first-order valence-corrected chi connectivity index (χ1v) is 10.5. The molecule has 2 N–H and O–H groups in total. The largest absolute Gasteiger partial charge is 0.497 e. The van der Waals surface area contributed by atoms with Gasteiger partial charge in [-0.3, -0.25) is 4.79 Å². The van der Waals surface area contributed by atoms with Crippen LogP contribution in [0.25, 0.3) is 0 Å². The van der Waals surface area contributed by atoms with Gasteiger partial charge >= 0.3 is 5.97 Å². The van der Waals surface area contributed by atoms with Crippen LogP contribution in [0.1, 0.15) is 24.2 Å². The fourth-order valence-corrected chi connectivity index (χ4v) is 3.58. The Morgan fingerprint density at radius 1 is 1.07 bits per heavy atom. The molecule has 162 valence electrons. The van der Waals surface area contributed by atoms with Crippen LogP contribution in [0.4, 0.5) is 5.69 Å². The molecule has 30 heavy (non-hydrogen) atoms. The van der Waals surface area contributed by atoms with Gasteiger partial charge in [0.1, 0.15) is 11.5 Å². The van der Waals surface area contributed by atoms with E-state index in [9.17, 15) is 18.0 Å². The van der Waals surface area contributed by atoms with Crippen molar-refractivity contribution in [2.75, 3.05) is 26.1 Å². The number of esters is 1. The number of ether oxygens (including phenoxy) is 3. The zero-order valence-electron chi connectivity index (χ0n) is 17.1. The molecule has 0 saturated heterocycles. The second-order valence-corrected chi connectivity index (χ2v) is 7.90. The van der Waals surface area contributed by atoms with Crippen molar-refractivity contribution in [2.45, 2.75) is 24.8 Å². The molecule has 0 spiro atoms. The Balaban J connectivity index is 2.12. The van der Waals surface area contributed by atoms with Gasteiger partial charge in [0.05, 0.1) is 30.4 Å². The minimum absolute atomic E-state index is 0.00703. The fourth-order valence-electron chi connectivity index (χ4n) is 2.49. The summed E-state index contributed by atoms with van der Waals surface area (Å²) in [7, 11) is -0.787. The van der Waals surface area contributed by atoms with Gasteiger partial charge in [0.15, 0.2) is 6.10 Å². The normalized spacial score (nSPS) is 12.0. The van der Waals surface area contributed by atoms with Crippen LogP contribution >= 0.6 is 0 Å². The van der Waals surface area contributed by atoms with Crippen LogP contribution in [0.3, 0.4) is 0 Å². The maximum atomic E-state index is 12.5. The van der Waals surface area contributed by atoms with Crippen molar-refractivity contribution in [1.82, 2.24) is 4.72 Å². The van der Waals surface area contributed by atoms with E-state index in [0.29, 0.717) is 17.2 Å². The predicted octanol–water partition coefficient (Wildman–Crippen LogP) is 2.19. The highest BCUT2D eigenvalue weighted by atomic mass is 32.2. The first-order valence-electron chi connectivity index (χ1n) is 9.05. The molecule has 0 aliphatic rings. The van der Waals surface area contributed by atoms with E-state index in [-0.39, 0.29) is 17.0 Å². The molecule has 1 atom stereocenters. The Morgan fingerprint density at radius 3 is 2.43 bits per heavy atom.